The van der Waals surface area contributed by atoms with Gasteiger partial charge in [0, 0.05) is 25.2 Å². The molecule has 3 rings (SSSR count). The zero-order valence-corrected chi connectivity index (χ0v) is 15.7. The van der Waals surface area contributed by atoms with Crippen LogP contribution in [0, 0.1) is 5.82 Å². The average Bonchev–Trinajstić information content (AvgIpc) is 2.68. The summed E-state index contributed by atoms with van der Waals surface area (Å²) in [5.41, 5.74) is 0.741. The predicted octanol–water partition coefficient (Wildman–Crippen LogP) is 2.47. The molecule has 1 aliphatic rings. The van der Waals surface area contributed by atoms with E-state index in [9.17, 15) is 17.6 Å². The van der Waals surface area contributed by atoms with Crippen LogP contribution in [-0.2, 0) is 21.4 Å². The zero-order chi connectivity index (χ0) is 19.3. The van der Waals surface area contributed by atoms with Crippen LogP contribution in [0.1, 0.15) is 31.4 Å². The van der Waals surface area contributed by atoms with E-state index in [4.69, 9.17) is 0 Å². The molecule has 0 unspecified atom stereocenters. The van der Waals surface area contributed by atoms with Crippen LogP contribution in [-0.4, -0.2) is 36.2 Å². The number of piperidine rings is 1. The second-order valence-corrected chi connectivity index (χ2v) is 8.41. The summed E-state index contributed by atoms with van der Waals surface area (Å²) >= 11 is 0. The van der Waals surface area contributed by atoms with Crippen LogP contribution in [0.15, 0.2) is 53.6 Å². The van der Waals surface area contributed by atoms with Crippen LogP contribution in [0.3, 0.4) is 0 Å². The van der Waals surface area contributed by atoms with Crippen LogP contribution in [0.2, 0.25) is 0 Å². The van der Waals surface area contributed by atoms with Crippen LogP contribution in [0.4, 0.5) is 4.39 Å². The fraction of sp³-hybridized carbons (Fsp3) is 0.368. The lowest BCUT2D eigenvalue weighted by Crippen LogP contribution is -2.45. The van der Waals surface area contributed by atoms with E-state index in [1.54, 1.807) is 12.3 Å². The first-order chi connectivity index (χ1) is 13.0. The van der Waals surface area contributed by atoms with Gasteiger partial charge in [-0.1, -0.05) is 12.5 Å². The summed E-state index contributed by atoms with van der Waals surface area (Å²) in [6.45, 7) is 0.662. The van der Waals surface area contributed by atoms with Gasteiger partial charge in [-0.3, -0.25) is 9.78 Å². The Morgan fingerprint density at radius 3 is 2.67 bits per heavy atom. The zero-order valence-electron chi connectivity index (χ0n) is 14.8. The number of carbonyl (C=O) groups excluding carboxylic acids is 1. The fourth-order valence-corrected chi connectivity index (χ4v) is 4.91. The third-order valence-electron chi connectivity index (χ3n) is 4.61. The Kier molecular flexibility index (Phi) is 6.18. The first-order valence-electron chi connectivity index (χ1n) is 8.91. The van der Waals surface area contributed by atoms with Gasteiger partial charge in [0.1, 0.15) is 5.82 Å². The Hall–Kier alpha value is -2.32. The molecule has 27 heavy (non-hydrogen) atoms. The molecule has 0 saturated carbocycles. The Morgan fingerprint density at radius 1 is 1.19 bits per heavy atom. The van der Waals surface area contributed by atoms with Crippen molar-refractivity contribution in [3.05, 3.63) is 60.2 Å². The van der Waals surface area contributed by atoms with Gasteiger partial charge in [0.2, 0.25) is 15.9 Å². The maximum atomic E-state index is 13.1. The van der Waals surface area contributed by atoms with Crippen molar-refractivity contribution in [1.29, 1.82) is 0 Å². The van der Waals surface area contributed by atoms with Crippen molar-refractivity contribution in [2.45, 2.75) is 43.2 Å². The van der Waals surface area contributed by atoms with E-state index < -0.39 is 21.9 Å². The Bertz CT molecular complexity index is 873. The predicted molar refractivity (Wildman–Crippen MR) is 98.6 cm³/mol. The van der Waals surface area contributed by atoms with Crippen LogP contribution in [0.25, 0.3) is 0 Å². The second-order valence-electron chi connectivity index (χ2n) is 6.52. The third-order valence-corrected chi connectivity index (χ3v) is 6.57. The molecule has 0 radical (unpaired) electrons. The number of hydrogen-bond acceptors (Lipinski definition) is 4. The summed E-state index contributed by atoms with van der Waals surface area (Å²) in [4.78, 5) is 16.5. The number of benzene rings is 1. The van der Waals surface area contributed by atoms with E-state index in [-0.39, 0.29) is 17.2 Å². The molecule has 8 heteroatoms. The summed E-state index contributed by atoms with van der Waals surface area (Å²) in [5.74, 6) is -0.704. The topological polar surface area (TPSA) is 79.4 Å². The fourth-order valence-electron chi connectivity index (χ4n) is 3.21. The lowest BCUT2D eigenvalue weighted by atomic mass is 10.0. The lowest BCUT2D eigenvalue weighted by Gasteiger charge is -2.34. The van der Waals surface area contributed by atoms with E-state index in [1.807, 2.05) is 12.1 Å². The van der Waals surface area contributed by atoms with Crippen molar-refractivity contribution in [1.82, 2.24) is 14.6 Å². The number of aromatic nitrogens is 1. The molecule has 1 aliphatic heterocycles. The minimum atomic E-state index is -3.77. The van der Waals surface area contributed by atoms with Gasteiger partial charge in [-0.2, -0.15) is 4.31 Å². The molecule has 1 atom stereocenters. The number of rotatable bonds is 6. The monoisotopic (exact) mass is 391 g/mol. The smallest absolute Gasteiger partial charge is 0.243 e. The number of hydrogen-bond donors (Lipinski definition) is 1. The molecule has 0 aliphatic carbocycles. The minimum Gasteiger partial charge on any atom is -0.350 e. The van der Waals surface area contributed by atoms with E-state index in [1.165, 1.54) is 16.4 Å². The molecule has 2 heterocycles. The number of carbonyl (C=O) groups is 1. The molecule has 2 aromatic rings. The lowest BCUT2D eigenvalue weighted by molar-refractivity contribution is -0.122. The highest BCUT2D eigenvalue weighted by molar-refractivity contribution is 7.89. The van der Waals surface area contributed by atoms with Gasteiger partial charge in [0.15, 0.2) is 0 Å². The maximum Gasteiger partial charge on any atom is 0.243 e. The molecular weight excluding hydrogens is 369 g/mol. The summed E-state index contributed by atoms with van der Waals surface area (Å²) in [6, 6.07) is 9.83. The van der Waals surface area contributed by atoms with Gasteiger partial charge >= 0.3 is 0 Å². The molecular formula is C19H22FN3O3S. The summed E-state index contributed by atoms with van der Waals surface area (Å²) in [6.07, 6.45) is 3.98. The summed E-state index contributed by atoms with van der Waals surface area (Å²) < 4.78 is 40.4. The standard InChI is InChI=1S/C19H22FN3O3S/c20-15-7-9-18(10-8-15)27(25,26)23-12-4-2-6-17(23)13-19(24)22-14-16-5-1-3-11-21-16/h1,3,5,7-11,17H,2,4,6,12-14H2,(H,22,24)/t17-/m0/s1. The van der Waals surface area contributed by atoms with Crippen LogP contribution in [0.5, 0.6) is 0 Å². The quantitative estimate of drug-likeness (QED) is 0.820. The van der Waals surface area contributed by atoms with Crippen molar-refractivity contribution in [3.63, 3.8) is 0 Å². The number of halogens is 1. The highest BCUT2D eigenvalue weighted by atomic mass is 32.2. The number of amides is 1. The Balaban J connectivity index is 1.67. The molecule has 0 bridgehead atoms. The van der Waals surface area contributed by atoms with E-state index in [0.717, 1.165) is 30.7 Å². The third kappa shape index (κ3) is 4.90. The van der Waals surface area contributed by atoms with Crippen LogP contribution >= 0.6 is 0 Å². The Labute approximate surface area is 158 Å². The first-order valence-corrected chi connectivity index (χ1v) is 10.3. The molecule has 1 aromatic carbocycles. The molecule has 0 spiro atoms. The van der Waals surface area contributed by atoms with Crippen molar-refractivity contribution in [2.24, 2.45) is 0 Å². The largest absolute Gasteiger partial charge is 0.350 e. The van der Waals surface area contributed by atoms with E-state index >= 15 is 0 Å². The molecule has 1 fully saturated rings. The van der Waals surface area contributed by atoms with Crippen molar-refractivity contribution >= 4 is 15.9 Å². The number of nitrogens with one attached hydrogen (secondary N) is 1. The second kappa shape index (κ2) is 8.58. The maximum absolute atomic E-state index is 13.1. The molecule has 144 valence electrons. The van der Waals surface area contributed by atoms with Crippen LogP contribution < -0.4 is 5.32 Å². The normalized spacial score (nSPS) is 18.2. The van der Waals surface area contributed by atoms with E-state index in [0.29, 0.717) is 19.5 Å². The van der Waals surface area contributed by atoms with Crippen molar-refractivity contribution < 1.29 is 17.6 Å². The number of pyridine rings is 1. The number of nitrogens with zero attached hydrogens (tertiary/aromatic N) is 2. The highest BCUT2D eigenvalue weighted by Gasteiger charge is 2.34. The first kappa shape index (κ1) is 19.4. The number of sulfonamides is 1. The van der Waals surface area contributed by atoms with Gasteiger partial charge in [0.25, 0.3) is 0 Å². The summed E-state index contributed by atoms with van der Waals surface area (Å²) in [5, 5.41) is 2.79. The van der Waals surface area contributed by atoms with Crippen molar-refractivity contribution in [3.8, 4) is 0 Å². The van der Waals surface area contributed by atoms with E-state index in [2.05, 4.69) is 10.3 Å². The van der Waals surface area contributed by atoms with Gasteiger partial charge < -0.3 is 5.32 Å². The molecule has 1 N–H and O–H groups in total. The molecule has 1 aromatic heterocycles. The van der Waals surface area contributed by atoms with Crippen molar-refractivity contribution in [2.75, 3.05) is 6.54 Å². The van der Waals surface area contributed by atoms with Gasteiger partial charge in [0.05, 0.1) is 17.1 Å². The Morgan fingerprint density at radius 2 is 1.96 bits per heavy atom. The van der Waals surface area contributed by atoms with Gasteiger partial charge in [-0.05, 0) is 49.2 Å². The minimum absolute atomic E-state index is 0.0460. The average molecular weight is 391 g/mol. The molecule has 1 amide bonds. The van der Waals surface area contributed by atoms with Gasteiger partial charge in [-0.25, -0.2) is 12.8 Å². The SMILES string of the molecule is O=C(C[C@@H]1CCCCN1S(=O)(=O)c1ccc(F)cc1)NCc1ccccn1. The molecule has 6 nitrogen and oxygen atoms in total. The highest BCUT2D eigenvalue weighted by Crippen LogP contribution is 2.27. The summed E-state index contributed by atoms with van der Waals surface area (Å²) in [7, 11) is -3.77. The van der Waals surface area contributed by atoms with Gasteiger partial charge in [-0.15, -0.1) is 0 Å². The molecule has 1 saturated heterocycles.